The quantitative estimate of drug-likeness (QED) is 0.912. The third-order valence-corrected chi connectivity index (χ3v) is 5.69. The van der Waals surface area contributed by atoms with Crippen LogP contribution < -0.4 is 10.6 Å². The summed E-state index contributed by atoms with van der Waals surface area (Å²) in [7, 11) is 0. The van der Waals surface area contributed by atoms with E-state index in [0.29, 0.717) is 0 Å². The van der Waals surface area contributed by atoms with Crippen LogP contribution in [-0.4, -0.2) is 42.0 Å². The second-order valence-corrected chi connectivity index (χ2v) is 7.92. The highest BCUT2D eigenvalue weighted by atomic mass is 16.2. The third-order valence-electron chi connectivity index (χ3n) is 5.69. The number of piperidine rings is 1. The molecule has 0 aliphatic carbocycles. The van der Waals surface area contributed by atoms with E-state index in [4.69, 9.17) is 5.73 Å². The number of nitrogens with zero attached hydrogens (tertiary/aromatic N) is 2. The fourth-order valence-corrected chi connectivity index (χ4v) is 4.00. The van der Waals surface area contributed by atoms with Crippen LogP contribution in [0, 0.1) is 5.41 Å². The molecule has 2 N–H and O–H groups in total. The molecule has 1 fully saturated rings. The van der Waals surface area contributed by atoms with Gasteiger partial charge < -0.3 is 10.6 Å². The van der Waals surface area contributed by atoms with Gasteiger partial charge in [-0.3, -0.25) is 9.69 Å². The second kappa shape index (κ2) is 5.91. The molecule has 1 aromatic carbocycles. The Kier molecular flexibility index (Phi) is 4.23. The van der Waals surface area contributed by atoms with E-state index in [1.165, 1.54) is 5.56 Å². The van der Waals surface area contributed by atoms with Gasteiger partial charge in [0, 0.05) is 30.9 Å². The standard InChI is InChI=1S/C19H29N3O/c1-13-11-15-7-5-6-8-16(15)22(13)18(23)14(2)21-10-9-17(20)19(3,4)12-21/h5-8,13-14,17H,9-12,20H2,1-4H3. The maximum absolute atomic E-state index is 13.2. The van der Waals surface area contributed by atoms with Gasteiger partial charge in [-0.15, -0.1) is 0 Å². The molecule has 23 heavy (non-hydrogen) atoms. The lowest BCUT2D eigenvalue weighted by atomic mass is 9.79. The minimum atomic E-state index is -0.101. The smallest absolute Gasteiger partial charge is 0.244 e. The molecule has 3 unspecified atom stereocenters. The van der Waals surface area contributed by atoms with Crippen molar-refractivity contribution in [2.75, 3.05) is 18.0 Å². The predicted octanol–water partition coefficient (Wildman–Crippen LogP) is 2.41. The molecular weight excluding hydrogens is 286 g/mol. The average molecular weight is 315 g/mol. The Hall–Kier alpha value is -1.39. The highest BCUT2D eigenvalue weighted by Gasteiger charge is 2.40. The molecular formula is C19H29N3O. The maximum Gasteiger partial charge on any atom is 0.244 e. The monoisotopic (exact) mass is 315 g/mol. The molecule has 126 valence electrons. The van der Waals surface area contributed by atoms with Gasteiger partial charge in [0.05, 0.1) is 6.04 Å². The number of hydrogen-bond donors (Lipinski definition) is 1. The molecule has 1 saturated heterocycles. The van der Waals surface area contributed by atoms with Crippen molar-refractivity contribution in [1.82, 2.24) is 4.90 Å². The molecule has 2 heterocycles. The van der Waals surface area contributed by atoms with Crippen LogP contribution in [0.2, 0.25) is 0 Å². The Labute approximate surface area is 139 Å². The highest BCUT2D eigenvalue weighted by molar-refractivity contribution is 5.99. The number of para-hydroxylation sites is 1. The van der Waals surface area contributed by atoms with Crippen LogP contribution in [0.4, 0.5) is 5.69 Å². The number of fused-ring (bicyclic) bond motifs is 1. The Morgan fingerprint density at radius 2 is 2.04 bits per heavy atom. The first kappa shape index (κ1) is 16.5. The SMILES string of the molecule is CC(C(=O)N1c2ccccc2CC1C)N1CCC(N)C(C)(C)C1. The minimum absolute atomic E-state index is 0.0569. The van der Waals surface area contributed by atoms with Crippen molar-refractivity contribution in [3.63, 3.8) is 0 Å². The summed E-state index contributed by atoms with van der Waals surface area (Å²) in [6.45, 7) is 10.4. The van der Waals surface area contributed by atoms with Gasteiger partial charge in [-0.2, -0.15) is 0 Å². The average Bonchev–Trinajstić information content (AvgIpc) is 2.84. The van der Waals surface area contributed by atoms with Crippen LogP contribution in [0.1, 0.15) is 39.7 Å². The molecule has 3 rings (SSSR count). The van der Waals surface area contributed by atoms with Gasteiger partial charge in [0.1, 0.15) is 0 Å². The zero-order valence-corrected chi connectivity index (χ0v) is 14.7. The molecule has 1 aromatic rings. The van der Waals surface area contributed by atoms with Gasteiger partial charge in [-0.05, 0) is 43.7 Å². The lowest BCUT2D eigenvalue weighted by Crippen LogP contribution is -2.58. The number of carbonyl (C=O) groups excluding carboxylic acids is 1. The summed E-state index contributed by atoms with van der Waals surface area (Å²) in [6, 6.07) is 8.62. The largest absolute Gasteiger partial charge is 0.327 e. The number of benzene rings is 1. The lowest BCUT2D eigenvalue weighted by molar-refractivity contribution is -0.124. The third kappa shape index (κ3) is 2.90. The summed E-state index contributed by atoms with van der Waals surface area (Å²) in [4.78, 5) is 17.5. The number of hydrogen-bond acceptors (Lipinski definition) is 3. The number of carbonyl (C=O) groups is 1. The first-order valence-corrected chi connectivity index (χ1v) is 8.72. The van der Waals surface area contributed by atoms with E-state index in [1.807, 2.05) is 17.9 Å². The van der Waals surface area contributed by atoms with Crippen molar-refractivity contribution in [2.45, 2.75) is 58.7 Å². The van der Waals surface area contributed by atoms with Crippen LogP contribution in [-0.2, 0) is 11.2 Å². The van der Waals surface area contributed by atoms with Crippen molar-refractivity contribution in [3.8, 4) is 0 Å². The van der Waals surface area contributed by atoms with Crippen molar-refractivity contribution in [1.29, 1.82) is 0 Å². The number of anilines is 1. The van der Waals surface area contributed by atoms with Crippen molar-refractivity contribution in [3.05, 3.63) is 29.8 Å². The molecule has 2 aliphatic rings. The summed E-state index contributed by atoms with van der Waals surface area (Å²) in [6.07, 6.45) is 1.90. The van der Waals surface area contributed by atoms with Crippen molar-refractivity contribution in [2.24, 2.45) is 11.1 Å². The normalized spacial score (nSPS) is 28.5. The number of nitrogens with two attached hydrogens (primary N) is 1. The minimum Gasteiger partial charge on any atom is -0.327 e. The van der Waals surface area contributed by atoms with Gasteiger partial charge >= 0.3 is 0 Å². The van der Waals surface area contributed by atoms with E-state index >= 15 is 0 Å². The summed E-state index contributed by atoms with van der Waals surface area (Å²) >= 11 is 0. The predicted molar refractivity (Wildman–Crippen MR) is 94.5 cm³/mol. The van der Waals surface area contributed by atoms with Crippen LogP contribution in [0.25, 0.3) is 0 Å². The molecule has 2 aliphatic heterocycles. The van der Waals surface area contributed by atoms with Gasteiger partial charge in [0.2, 0.25) is 5.91 Å². The van der Waals surface area contributed by atoms with Gasteiger partial charge in [0.15, 0.2) is 0 Å². The molecule has 0 saturated carbocycles. The van der Waals surface area contributed by atoms with Crippen LogP contribution in [0.5, 0.6) is 0 Å². The lowest BCUT2D eigenvalue weighted by Gasteiger charge is -2.45. The van der Waals surface area contributed by atoms with Crippen molar-refractivity contribution < 1.29 is 4.79 Å². The Morgan fingerprint density at radius 3 is 2.74 bits per heavy atom. The van der Waals surface area contributed by atoms with Crippen molar-refractivity contribution >= 4 is 11.6 Å². The molecule has 4 heteroatoms. The van der Waals surface area contributed by atoms with Crippen LogP contribution >= 0.6 is 0 Å². The van der Waals surface area contributed by atoms with E-state index in [-0.39, 0.29) is 29.4 Å². The number of rotatable bonds is 2. The zero-order chi connectivity index (χ0) is 16.8. The molecule has 1 amide bonds. The Morgan fingerprint density at radius 1 is 1.35 bits per heavy atom. The number of likely N-dealkylation sites (tertiary alicyclic amines) is 1. The molecule has 0 bridgehead atoms. The first-order chi connectivity index (χ1) is 10.8. The van der Waals surface area contributed by atoms with Gasteiger partial charge in [-0.25, -0.2) is 0 Å². The summed E-state index contributed by atoms with van der Waals surface area (Å²) < 4.78 is 0. The van der Waals surface area contributed by atoms with Gasteiger partial charge in [0.25, 0.3) is 0 Å². The summed E-state index contributed by atoms with van der Waals surface area (Å²) in [5.74, 6) is 0.216. The topological polar surface area (TPSA) is 49.6 Å². The van der Waals surface area contributed by atoms with E-state index in [1.54, 1.807) is 0 Å². The maximum atomic E-state index is 13.2. The molecule has 0 aromatic heterocycles. The highest BCUT2D eigenvalue weighted by Crippen LogP contribution is 2.34. The van der Waals surface area contributed by atoms with E-state index in [0.717, 1.165) is 31.6 Å². The number of amides is 1. The van der Waals surface area contributed by atoms with Crippen LogP contribution in [0.15, 0.2) is 24.3 Å². The Balaban J connectivity index is 1.78. The van der Waals surface area contributed by atoms with Gasteiger partial charge in [-0.1, -0.05) is 32.0 Å². The second-order valence-electron chi connectivity index (χ2n) is 7.92. The summed E-state index contributed by atoms with van der Waals surface area (Å²) in [5.41, 5.74) is 8.66. The molecule has 0 spiro atoms. The van der Waals surface area contributed by atoms with Crippen LogP contribution in [0.3, 0.4) is 0 Å². The molecule has 3 atom stereocenters. The molecule has 0 radical (unpaired) electrons. The first-order valence-electron chi connectivity index (χ1n) is 8.72. The fraction of sp³-hybridized carbons (Fsp3) is 0.632. The van der Waals surface area contributed by atoms with E-state index in [2.05, 4.69) is 43.9 Å². The summed E-state index contributed by atoms with van der Waals surface area (Å²) in [5, 5.41) is 0. The zero-order valence-electron chi connectivity index (χ0n) is 14.7. The van der Waals surface area contributed by atoms with E-state index < -0.39 is 0 Å². The molecule has 4 nitrogen and oxygen atoms in total. The fourth-order valence-electron chi connectivity index (χ4n) is 4.00. The van der Waals surface area contributed by atoms with E-state index in [9.17, 15) is 4.79 Å². The Bertz CT molecular complexity index is 598.